The molecule has 1 rings (SSSR count). The maximum absolute atomic E-state index is 11.2. The lowest BCUT2D eigenvalue weighted by atomic mass is 10.3. The largest absolute Gasteiger partial charge is 0.497 e. The minimum atomic E-state index is -4.51. The van der Waals surface area contributed by atoms with Crippen molar-refractivity contribution in [1.29, 1.82) is 0 Å². The third kappa shape index (κ3) is 4.48. The first kappa shape index (κ1) is 15.9. The summed E-state index contributed by atoms with van der Waals surface area (Å²) in [4.78, 5) is 9.95. The highest BCUT2D eigenvalue weighted by atomic mass is 32.2. The number of rotatable bonds is 6. The van der Waals surface area contributed by atoms with E-state index in [2.05, 4.69) is 10.3 Å². The first-order valence-corrected chi connectivity index (χ1v) is 6.68. The molecule has 0 bridgehead atoms. The summed E-state index contributed by atoms with van der Waals surface area (Å²) in [7, 11) is -1.81. The van der Waals surface area contributed by atoms with Gasteiger partial charge in [-0.15, -0.1) is 5.11 Å². The van der Waals surface area contributed by atoms with Crippen LogP contribution in [0.1, 0.15) is 0 Å². The maximum Gasteiger partial charge on any atom is 0.324 e. The molecule has 0 saturated heterocycles. The second kappa shape index (κ2) is 6.30. The van der Waals surface area contributed by atoms with Gasteiger partial charge in [-0.2, -0.15) is 8.42 Å². The molecule has 0 aliphatic rings. The van der Waals surface area contributed by atoms with Crippen molar-refractivity contribution >= 4 is 21.8 Å². The predicted molar refractivity (Wildman–Crippen MR) is 67.6 cm³/mol. The van der Waals surface area contributed by atoms with Gasteiger partial charge in [0, 0.05) is 13.1 Å². The molecule has 110 valence electrons. The second-order valence-electron chi connectivity index (χ2n) is 3.71. The van der Waals surface area contributed by atoms with Crippen LogP contribution in [-0.2, 0) is 14.9 Å². The van der Waals surface area contributed by atoms with Gasteiger partial charge in [0.05, 0.1) is 7.11 Å². The summed E-state index contributed by atoms with van der Waals surface area (Å²) in [6.45, 7) is -0.402. The lowest BCUT2D eigenvalue weighted by Crippen LogP contribution is -2.19. The lowest BCUT2D eigenvalue weighted by molar-refractivity contribution is -0.138. The van der Waals surface area contributed by atoms with E-state index in [0.717, 1.165) is 11.1 Å². The van der Waals surface area contributed by atoms with Gasteiger partial charge in [-0.3, -0.25) is 14.4 Å². The van der Waals surface area contributed by atoms with Crippen LogP contribution >= 0.6 is 0 Å². The van der Waals surface area contributed by atoms with Crippen LogP contribution in [0.5, 0.6) is 5.75 Å². The van der Waals surface area contributed by atoms with Crippen LogP contribution in [0, 0.1) is 0 Å². The first-order chi connectivity index (χ1) is 9.24. The van der Waals surface area contributed by atoms with Crippen molar-refractivity contribution in [2.24, 2.45) is 10.3 Å². The zero-order valence-electron chi connectivity index (χ0n) is 10.7. The van der Waals surface area contributed by atoms with Gasteiger partial charge in [-0.1, -0.05) is 5.22 Å². The third-order valence-electron chi connectivity index (χ3n) is 2.11. The Morgan fingerprint density at radius 3 is 2.60 bits per heavy atom. The monoisotopic (exact) mass is 303 g/mol. The highest BCUT2D eigenvalue weighted by Gasteiger charge is 2.17. The van der Waals surface area contributed by atoms with E-state index in [0.29, 0.717) is 0 Å². The number of nitrogens with zero attached hydrogens (tertiary/aromatic N) is 3. The Morgan fingerprint density at radius 2 is 2.10 bits per heavy atom. The average molecular weight is 303 g/mol. The van der Waals surface area contributed by atoms with Gasteiger partial charge in [-0.05, 0) is 12.1 Å². The van der Waals surface area contributed by atoms with Crippen LogP contribution in [0.2, 0.25) is 0 Å². The molecule has 0 atom stereocenters. The molecule has 0 aliphatic heterocycles. The van der Waals surface area contributed by atoms with Crippen LogP contribution in [0.15, 0.2) is 33.4 Å². The normalized spacial score (nSPS) is 11.6. The fourth-order valence-corrected chi connectivity index (χ4v) is 1.90. The van der Waals surface area contributed by atoms with Crippen molar-refractivity contribution in [3.05, 3.63) is 18.2 Å². The molecule has 10 heteroatoms. The molecule has 0 aliphatic carbocycles. The van der Waals surface area contributed by atoms with Crippen LogP contribution in [0.25, 0.3) is 0 Å². The first-order valence-electron chi connectivity index (χ1n) is 5.24. The Hall–Kier alpha value is -2.20. The molecule has 0 amide bonds. The molecular formula is C10H13N3O6S. The smallest absolute Gasteiger partial charge is 0.324 e. The minimum Gasteiger partial charge on any atom is -0.497 e. The van der Waals surface area contributed by atoms with E-state index in [1.54, 1.807) is 0 Å². The van der Waals surface area contributed by atoms with E-state index in [9.17, 15) is 13.2 Å². The van der Waals surface area contributed by atoms with Crippen molar-refractivity contribution in [2.45, 2.75) is 4.90 Å². The summed E-state index contributed by atoms with van der Waals surface area (Å²) in [5, 5.41) is 16.7. The Labute approximate surface area is 115 Å². The van der Waals surface area contributed by atoms with E-state index >= 15 is 0 Å². The van der Waals surface area contributed by atoms with E-state index in [1.807, 2.05) is 0 Å². The molecular weight excluding hydrogens is 290 g/mol. The molecule has 0 unspecified atom stereocenters. The molecule has 0 saturated carbocycles. The molecule has 0 heterocycles. The van der Waals surface area contributed by atoms with Crippen molar-refractivity contribution in [3.8, 4) is 5.75 Å². The summed E-state index contributed by atoms with van der Waals surface area (Å²) in [6.07, 6.45) is 0. The minimum absolute atomic E-state index is 0.134. The van der Waals surface area contributed by atoms with E-state index in [1.165, 1.54) is 26.3 Å². The Bertz CT molecular complexity index is 628. The zero-order valence-corrected chi connectivity index (χ0v) is 11.5. The van der Waals surface area contributed by atoms with Gasteiger partial charge in [0.15, 0.2) is 0 Å². The number of likely N-dealkylation sites (N-methyl/N-ethyl adjacent to an activating group) is 1. The average Bonchev–Trinajstić information content (AvgIpc) is 2.34. The van der Waals surface area contributed by atoms with E-state index in [4.69, 9.17) is 14.4 Å². The second-order valence-corrected chi connectivity index (χ2v) is 5.10. The van der Waals surface area contributed by atoms with Gasteiger partial charge in [-0.25, -0.2) is 0 Å². The van der Waals surface area contributed by atoms with Crippen LogP contribution in [-0.4, -0.2) is 49.8 Å². The summed E-state index contributed by atoms with van der Waals surface area (Å²) in [5.74, 6) is -0.897. The molecule has 1 aromatic rings. The van der Waals surface area contributed by atoms with Gasteiger partial charge in [0.2, 0.25) is 0 Å². The summed E-state index contributed by atoms with van der Waals surface area (Å²) in [5.41, 5.74) is -0.134. The maximum atomic E-state index is 11.2. The molecule has 0 aromatic heterocycles. The Kier molecular flexibility index (Phi) is 5.00. The predicted octanol–water partition coefficient (Wildman–Crippen LogP) is 0.957. The number of aliphatic carboxylic acids is 1. The fourth-order valence-electron chi connectivity index (χ4n) is 1.26. The molecule has 9 nitrogen and oxygen atoms in total. The molecule has 0 radical (unpaired) electrons. The van der Waals surface area contributed by atoms with Gasteiger partial charge in [0.1, 0.15) is 22.9 Å². The number of hydrogen-bond donors (Lipinski definition) is 2. The number of methoxy groups -OCH3 is 1. The van der Waals surface area contributed by atoms with Crippen molar-refractivity contribution in [2.75, 3.05) is 20.7 Å². The molecule has 20 heavy (non-hydrogen) atoms. The van der Waals surface area contributed by atoms with Gasteiger partial charge < -0.3 is 9.84 Å². The highest BCUT2D eigenvalue weighted by Crippen LogP contribution is 2.28. The molecule has 0 fully saturated rings. The standard InChI is InChI=1S/C10H13N3O6S/c1-13(6-10(14)15)12-11-8-4-3-7(19-2)5-9(8)20(16,17)18/h3-5H,6H2,1-2H3,(H,14,15)(H,16,17,18). The van der Waals surface area contributed by atoms with Gasteiger partial charge in [0.25, 0.3) is 10.1 Å². The van der Waals surface area contributed by atoms with Crippen LogP contribution in [0.4, 0.5) is 5.69 Å². The topological polar surface area (TPSA) is 129 Å². The van der Waals surface area contributed by atoms with E-state index < -0.39 is 27.5 Å². The number of carboxylic acid groups (broad SMARTS) is 1. The Balaban J connectivity index is 3.12. The number of ether oxygens (including phenoxy) is 1. The van der Waals surface area contributed by atoms with Crippen LogP contribution < -0.4 is 4.74 Å². The van der Waals surface area contributed by atoms with Crippen molar-refractivity contribution in [1.82, 2.24) is 5.01 Å². The van der Waals surface area contributed by atoms with Crippen LogP contribution in [0.3, 0.4) is 0 Å². The summed E-state index contributed by atoms with van der Waals surface area (Å²) >= 11 is 0. The summed E-state index contributed by atoms with van der Waals surface area (Å²) < 4.78 is 36.4. The number of carboxylic acids is 1. The van der Waals surface area contributed by atoms with E-state index in [-0.39, 0.29) is 11.4 Å². The fraction of sp³-hybridized carbons (Fsp3) is 0.300. The SMILES string of the molecule is COc1ccc(N=NN(C)CC(=O)O)c(S(=O)(=O)O)c1. The van der Waals surface area contributed by atoms with Crippen molar-refractivity contribution in [3.63, 3.8) is 0 Å². The van der Waals surface area contributed by atoms with Gasteiger partial charge >= 0.3 is 5.97 Å². The number of benzene rings is 1. The lowest BCUT2D eigenvalue weighted by Gasteiger charge is -2.08. The van der Waals surface area contributed by atoms with Crippen molar-refractivity contribution < 1.29 is 27.6 Å². The molecule has 2 N–H and O–H groups in total. The third-order valence-corrected chi connectivity index (χ3v) is 3.00. The molecule has 0 spiro atoms. The Morgan fingerprint density at radius 1 is 1.45 bits per heavy atom. The number of carbonyl (C=O) groups is 1. The zero-order chi connectivity index (χ0) is 15.3. The summed E-state index contributed by atoms with van der Waals surface area (Å²) in [6, 6.07) is 3.79. The quantitative estimate of drug-likeness (QED) is 0.455. The number of hydrogen-bond acceptors (Lipinski definition) is 6. The molecule has 1 aromatic carbocycles. The highest BCUT2D eigenvalue weighted by molar-refractivity contribution is 7.86.